The SMILES string of the molecule is CCCN1CCC(NC(=NCCCN(C(C)C)C(C)C)NCC)CC1. The number of rotatable bonds is 10. The standard InChI is InChI=1S/C20H43N5/c1-7-13-24-15-10-19(11-16-24)23-20(21-8-2)22-12-9-14-25(17(3)4)18(5)6/h17-19H,7-16H2,1-6H3,(H2,21,22,23). The molecule has 1 heterocycles. The second-order valence-corrected chi connectivity index (χ2v) is 7.80. The van der Waals surface area contributed by atoms with Crippen LogP contribution in [0.3, 0.4) is 0 Å². The molecule has 0 atom stereocenters. The molecule has 0 spiro atoms. The van der Waals surface area contributed by atoms with E-state index in [4.69, 9.17) is 4.99 Å². The van der Waals surface area contributed by atoms with Crippen molar-refractivity contribution in [2.45, 2.75) is 85.4 Å². The normalized spacial score (nSPS) is 17.7. The van der Waals surface area contributed by atoms with Crippen molar-refractivity contribution in [3.63, 3.8) is 0 Å². The Labute approximate surface area is 156 Å². The van der Waals surface area contributed by atoms with Gasteiger partial charge in [-0.05, 0) is 66.8 Å². The van der Waals surface area contributed by atoms with Crippen molar-refractivity contribution >= 4 is 5.96 Å². The smallest absolute Gasteiger partial charge is 0.191 e. The van der Waals surface area contributed by atoms with Crippen molar-refractivity contribution in [3.05, 3.63) is 0 Å². The fourth-order valence-corrected chi connectivity index (χ4v) is 3.69. The molecule has 1 saturated heterocycles. The number of nitrogens with one attached hydrogen (secondary N) is 2. The number of nitrogens with zero attached hydrogens (tertiary/aromatic N) is 3. The summed E-state index contributed by atoms with van der Waals surface area (Å²) in [5.74, 6) is 0.997. The van der Waals surface area contributed by atoms with Gasteiger partial charge in [0.1, 0.15) is 0 Å². The molecular weight excluding hydrogens is 310 g/mol. The zero-order chi connectivity index (χ0) is 18.7. The molecule has 0 amide bonds. The minimum Gasteiger partial charge on any atom is -0.357 e. The van der Waals surface area contributed by atoms with Crippen LogP contribution in [0.2, 0.25) is 0 Å². The largest absolute Gasteiger partial charge is 0.357 e. The first-order chi connectivity index (χ1) is 12.0. The molecule has 5 heteroatoms. The lowest BCUT2D eigenvalue weighted by molar-refractivity contribution is 0.174. The van der Waals surface area contributed by atoms with E-state index < -0.39 is 0 Å². The Morgan fingerprint density at radius 1 is 1.12 bits per heavy atom. The highest BCUT2D eigenvalue weighted by Crippen LogP contribution is 2.10. The van der Waals surface area contributed by atoms with E-state index in [-0.39, 0.29) is 0 Å². The Balaban J connectivity index is 2.39. The van der Waals surface area contributed by atoms with Gasteiger partial charge in [-0.2, -0.15) is 0 Å². The van der Waals surface area contributed by atoms with Gasteiger partial charge in [0, 0.05) is 50.8 Å². The average Bonchev–Trinajstić information content (AvgIpc) is 2.56. The fourth-order valence-electron chi connectivity index (χ4n) is 3.69. The Kier molecular flexibility index (Phi) is 11.1. The van der Waals surface area contributed by atoms with Gasteiger partial charge in [-0.25, -0.2) is 0 Å². The molecule has 1 fully saturated rings. The van der Waals surface area contributed by atoms with Crippen LogP contribution in [0.15, 0.2) is 4.99 Å². The van der Waals surface area contributed by atoms with E-state index in [0.29, 0.717) is 18.1 Å². The number of hydrogen-bond donors (Lipinski definition) is 2. The molecule has 148 valence electrons. The molecule has 0 aromatic carbocycles. The van der Waals surface area contributed by atoms with Gasteiger partial charge in [-0.3, -0.25) is 9.89 Å². The number of aliphatic imine (C=N–C) groups is 1. The first-order valence-corrected chi connectivity index (χ1v) is 10.5. The van der Waals surface area contributed by atoms with Crippen LogP contribution >= 0.6 is 0 Å². The van der Waals surface area contributed by atoms with Crippen LogP contribution in [-0.2, 0) is 0 Å². The van der Waals surface area contributed by atoms with E-state index in [9.17, 15) is 0 Å². The molecule has 0 aromatic heterocycles. The van der Waals surface area contributed by atoms with Crippen molar-refractivity contribution in [1.29, 1.82) is 0 Å². The summed E-state index contributed by atoms with van der Waals surface area (Å²) in [6.45, 7) is 20.1. The average molecular weight is 354 g/mol. The number of piperidine rings is 1. The lowest BCUT2D eigenvalue weighted by atomic mass is 10.1. The molecule has 2 N–H and O–H groups in total. The maximum absolute atomic E-state index is 4.81. The second kappa shape index (κ2) is 12.5. The summed E-state index contributed by atoms with van der Waals surface area (Å²) in [5, 5.41) is 7.06. The second-order valence-electron chi connectivity index (χ2n) is 7.80. The summed E-state index contributed by atoms with van der Waals surface area (Å²) in [6, 6.07) is 1.76. The number of hydrogen-bond acceptors (Lipinski definition) is 3. The van der Waals surface area contributed by atoms with E-state index in [2.05, 4.69) is 62.0 Å². The van der Waals surface area contributed by atoms with Crippen molar-refractivity contribution in [2.75, 3.05) is 39.3 Å². The minimum absolute atomic E-state index is 0.564. The molecule has 5 nitrogen and oxygen atoms in total. The van der Waals surface area contributed by atoms with Crippen LogP contribution in [0.25, 0.3) is 0 Å². The first-order valence-electron chi connectivity index (χ1n) is 10.5. The predicted octanol–water partition coefficient (Wildman–Crippen LogP) is 2.92. The monoisotopic (exact) mass is 353 g/mol. The molecule has 0 aliphatic carbocycles. The zero-order valence-electron chi connectivity index (χ0n) is 17.6. The van der Waals surface area contributed by atoms with Gasteiger partial charge in [0.05, 0.1) is 0 Å². The van der Waals surface area contributed by atoms with Crippen LogP contribution in [0.1, 0.15) is 67.2 Å². The highest BCUT2D eigenvalue weighted by molar-refractivity contribution is 5.80. The third-order valence-corrected chi connectivity index (χ3v) is 4.98. The van der Waals surface area contributed by atoms with Crippen LogP contribution in [-0.4, -0.2) is 73.2 Å². The van der Waals surface area contributed by atoms with E-state index in [0.717, 1.165) is 32.0 Å². The molecule has 25 heavy (non-hydrogen) atoms. The highest BCUT2D eigenvalue weighted by Gasteiger charge is 2.19. The molecule has 0 saturated carbocycles. The highest BCUT2D eigenvalue weighted by atomic mass is 15.2. The number of likely N-dealkylation sites (tertiary alicyclic amines) is 1. The van der Waals surface area contributed by atoms with Crippen LogP contribution in [0.5, 0.6) is 0 Å². The Hall–Kier alpha value is -0.810. The van der Waals surface area contributed by atoms with Crippen molar-refractivity contribution in [1.82, 2.24) is 20.4 Å². The molecule has 1 rings (SSSR count). The number of guanidine groups is 1. The lowest BCUT2D eigenvalue weighted by Crippen LogP contribution is -2.48. The van der Waals surface area contributed by atoms with Crippen LogP contribution in [0.4, 0.5) is 0 Å². The molecule has 0 aromatic rings. The molecule has 0 bridgehead atoms. The summed E-state index contributed by atoms with van der Waals surface area (Å²) in [5.41, 5.74) is 0. The minimum atomic E-state index is 0.564. The van der Waals surface area contributed by atoms with Gasteiger partial charge in [-0.1, -0.05) is 6.92 Å². The van der Waals surface area contributed by atoms with Gasteiger partial charge < -0.3 is 15.5 Å². The molecular formula is C20H43N5. The summed E-state index contributed by atoms with van der Waals surface area (Å²) in [6.07, 6.45) is 4.81. The maximum Gasteiger partial charge on any atom is 0.191 e. The van der Waals surface area contributed by atoms with Gasteiger partial charge in [0.15, 0.2) is 5.96 Å². The van der Waals surface area contributed by atoms with Crippen molar-refractivity contribution in [3.8, 4) is 0 Å². The Bertz CT molecular complexity index is 351. The van der Waals surface area contributed by atoms with Gasteiger partial charge in [-0.15, -0.1) is 0 Å². The quantitative estimate of drug-likeness (QED) is 0.360. The summed E-state index contributed by atoms with van der Waals surface area (Å²) < 4.78 is 0. The molecule has 0 radical (unpaired) electrons. The zero-order valence-corrected chi connectivity index (χ0v) is 17.6. The summed E-state index contributed by atoms with van der Waals surface area (Å²) in [4.78, 5) is 9.93. The van der Waals surface area contributed by atoms with Crippen LogP contribution in [0, 0.1) is 0 Å². The van der Waals surface area contributed by atoms with E-state index in [1.807, 2.05) is 0 Å². The van der Waals surface area contributed by atoms with Crippen molar-refractivity contribution < 1.29 is 0 Å². The third-order valence-electron chi connectivity index (χ3n) is 4.98. The molecule has 0 unspecified atom stereocenters. The third kappa shape index (κ3) is 8.91. The first kappa shape index (κ1) is 22.2. The maximum atomic E-state index is 4.81. The summed E-state index contributed by atoms with van der Waals surface area (Å²) >= 11 is 0. The van der Waals surface area contributed by atoms with E-state index in [1.165, 1.54) is 38.9 Å². The topological polar surface area (TPSA) is 42.9 Å². The predicted molar refractivity (Wildman–Crippen MR) is 110 cm³/mol. The molecule has 1 aliphatic heterocycles. The Morgan fingerprint density at radius 3 is 2.28 bits per heavy atom. The van der Waals surface area contributed by atoms with Gasteiger partial charge in [0.25, 0.3) is 0 Å². The Morgan fingerprint density at radius 2 is 1.76 bits per heavy atom. The molecule has 1 aliphatic rings. The summed E-state index contributed by atoms with van der Waals surface area (Å²) in [7, 11) is 0. The van der Waals surface area contributed by atoms with Gasteiger partial charge in [0.2, 0.25) is 0 Å². The van der Waals surface area contributed by atoms with Crippen molar-refractivity contribution in [2.24, 2.45) is 4.99 Å². The lowest BCUT2D eigenvalue weighted by Gasteiger charge is -2.33. The van der Waals surface area contributed by atoms with E-state index in [1.54, 1.807) is 0 Å². The van der Waals surface area contributed by atoms with E-state index >= 15 is 0 Å². The fraction of sp³-hybridized carbons (Fsp3) is 0.950. The van der Waals surface area contributed by atoms with Gasteiger partial charge >= 0.3 is 0 Å². The van der Waals surface area contributed by atoms with Crippen LogP contribution < -0.4 is 10.6 Å².